The first-order valence-corrected chi connectivity index (χ1v) is 10.9. The summed E-state index contributed by atoms with van der Waals surface area (Å²) in [7, 11) is 1.59. The maximum atomic E-state index is 12.2. The highest BCUT2D eigenvalue weighted by Gasteiger charge is 2.21. The molecule has 0 saturated carbocycles. The van der Waals surface area contributed by atoms with Gasteiger partial charge in [-0.05, 0) is 55.3 Å². The van der Waals surface area contributed by atoms with Crippen molar-refractivity contribution in [3.8, 4) is 5.75 Å². The zero-order chi connectivity index (χ0) is 22.8. The first kappa shape index (κ1) is 26.4. The van der Waals surface area contributed by atoms with Gasteiger partial charge in [-0.3, -0.25) is 9.59 Å². The summed E-state index contributed by atoms with van der Waals surface area (Å²) < 4.78 is 5.11. The van der Waals surface area contributed by atoms with Crippen LogP contribution in [-0.4, -0.2) is 51.1 Å². The van der Waals surface area contributed by atoms with Gasteiger partial charge in [-0.15, -0.1) is 24.0 Å². The Balaban J connectivity index is 0.00000385. The van der Waals surface area contributed by atoms with Crippen molar-refractivity contribution in [2.45, 2.75) is 26.3 Å². The molecule has 2 aromatic carbocycles. The van der Waals surface area contributed by atoms with E-state index in [4.69, 9.17) is 4.74 Å². The maximum Gasteiger partial charge on any atom is 0.251 e. The van der Waals surface area contributed by atoms with Gasteiger partial charge in [0.1, 0.15) is 5.75 Å². The maximum absolute atomic E-state index is 12.2. The van der Waals surface area contributed by atoms with Crippen molar-refractivity contribution < 1.29 is 14.3 Å². The van der Waals surface area contributed by atoms with E-state index in [0.29, 0.717) is 43.3 Å². The van der Waals surface area contributed by atoms with E-state index in [2.05, 4.69) is 20.9 Å². The molecule has 0 unspecified atom stereocenters. The number of hydrogen-bond donors (Lipinski definition) is 3. The third-order valence-electron chi connectivity index (χ3n) is 5.14. The van der Waals surface area contributed by atoms with E-state index < -0.39 is 0 Å². The Hall–Kier alpha value is -2.82. The van der Waals surface area contributed by atoms with Crippen LogP contribution < -0.4 is 25.6 Å². The largest absolute Gasteiger partial charge is 0.497 e. The smallest absolute Gasteiger partial charge is 0.251 e. The highest BCUT2D eigenvalue weighted by atomic mass is 127. The molecule has 3 N–H and O–H groups in total. The molecule has 178 valence electrons. The van der Waals surface area contributed by atoms with Gasteiger partial charge in [-0.2, -0.15) is 0 Å². The van der Waals surface area contributed by atoms with E-state index in [1.807, 2.05) is 36.1 Å². The number of halogens is 1. The third-order valence-corrected chi connectivity index (χ3v) is 5.14. The Kier molecular flexibility index (Phi) is 10.9. The summed E-state index contributed by atoms with van der Waals surface area (Å²) in [5, 5.41) is 9.32. The normalized spacial score (nSPS) is 13.3. The minimum absolute atomic E-state index is 0. The van der Waals surface area contributed by atoms with Gasteiger partial charge in [0.05, 0.1) is 13.7 Å². The number of rotatable bonds is 9. The number of benzene rings is 2. The van der Waals surface area contributed by atoms with Gasteiger partial charge in [0.2, 0.25) is 5.91 Å². The van der Waals surface area contributed by atoms with Crippen LogP contribution in [-0.2, 0) is 11.3 Å². The molecule has 0 atom stereocenters. The van der Waals surface area contributed by atoms with Crippen molar-refractivity contribution in [2.75, 3.05) is 38.2 Å². The van der Waals surface area contributed by atoms with Crippen molar-refractivity contribution in [1.82, 2.24) is 16.0 Å². The number of methoxy groups -OCH3 is 1. The summed E-state index contributed by atoms with van der Waals surface area (Å²) in [6.45, 7) is 5.06. The Bertz CT molecular complexity index is 932. The molecule has 3 rings (SSSR count). The third kappa shape index (κ3) is 7.92. The number of aliphatic imine (C=N–C) groups is 1. The lowest BCUT2D eigenvalue weighted by Crippen LogP contribution is -2.41. The summed E-state index contributed by atoms with van der Waals surface area (Å²) in [5.41, 5.74) is 2.59. The van der Waals surface area contributed by atoms with Gasteiger partial charge in [-0.1, -0.05) is 12.1 Å². The van der Waals surface area contributed by atoms with Crippen molar-refractivity contribution in [3.05, 3.63) is 59.7 Å². The van der Waals surface area contributed by atoms with Gasteiger partial charge in [0.15, 0.2) is 5.96 Å². The zero-order valence-corrected chi connectivity index (χ0v) is 21.4. The van der Waals surface area contributed by atoms with E-state index in [9.17, 15) is 9.59 Å². The van der Waals surface area contributed by atoms with E-state index >= 15 is 0 Å². The number of ether oxygens (including phenoxy) is 1. The van der Waals surface area contributed by atoms with Crippen LogP contribution in [0.4, 0.5) is 5.69 Å². The molecule has 0 bridgehead atoms. The fourth-order valence-electron chi connectivity index (χ4n) is 3.42. The molecule has 0 aliphatic carbocycles. The van der Waals surface area contributed by atoms with Crippen LogP contribution in [0.1, 0.15) is 35.7 Å². The molecule has 1 aliphatic heterocycles. The molecular formula is C24H32IN5O3. The van der Waals surface area contributed by atoms with E-state index in [1.165, 1.54) is 0 Å². The van der Waals surface area contributed by atoms with Crippen LogP contribution in [0.3, 0.4) is 0 Å². The van der Waals surface area contributed by atoms with Crippen LogP contribution in [0.2, 0.25) is 0 Å². The number of nitrogens with zero attached hydrogens (tertiary/aromatic N) is 2. The molecule has 1 saturated heterocycles. The molecule has 0 radical (unpaired) electrons. The number of carbonyl (C=O) groups is 2. The van der Waals surface area contributed by atoms with Gasteiger partial charge in [0.25, 0.3) is 5.91 Å². The number of amides is 2. The van der Waals surface area contributed by atoms with Crippen molar-refractivity contribution in [1.29, 1.82) is 0 Å². The first-order valence-electron chi connectivity index (χ1n) is 10.9. The molecule has 0 spiro atoms. The van der Waals surface area contributed by atoms with Gasteiger partial charge >= 0.3 is 0 Å². The van der Waals surface area contributed by atoms with Crippen LogP contribution in [0.5, 0.6) is 5.75 Å². The molecule has 2 amide bonds. The fraction of sp³-hybridized carbons (Fsp3) is 0.375. The monoisotopic (exact) mass is 565 g/mol. The first-order chi connectivity index (χ1) is 15.6. The van der Waals surface area contributed by atoms with Crippen LogP contribution in [0, 0.1) is 0 Å². The van der Waals surface area contributed by atoms with Gasteiger partial charge in [0, 0.05) is 43.9 Å². The van der Waals surface area contributed by atoms with Crippen LogP contribution in [0.25, 0.3) is 0 Å². The number of carbonyl (C=O) groups excluding carboxylic acids is 2. The quantitative estimate of drug-likeness (QED) is 0.188. The Morgan fingerprint density at radius 2 is 1.73 bits per heavy atom. The second-order valence-corrected chi connectivity index (χ2v) is 7.42. The topological polar surface area (TPSA) is 95.1 Å². The highest BCUT2D eigenvalue weighted by molar-refractivity contribution is 14.0. The lowest BCUT2D eigenvalue weighted by Gasteiger charge is -2.16. The average molecular weight is 565 g/mol. The number of anilines is 1. The molecule has 0 aromatic heterocycles. The standard InChI is InChI=1S/C24H31N5O3.HI/c1-3-25-24(27-15-14-26-23(31)19-8-12-21(32-2)13-9-19)28-17-18-6-10-20(11-7-18)29-16-4-5-22(29)30;/h6-13H,3-5,14-17H2,1-2H3,(H,26,31)(H2,25,27,28);1H. The van der Waals surface area contributed by atoms with Crippen LogP contribution >= 0.6 is 24.0 Å². The van der Waals surface area contributed by atoms with E-state index in [1.54, 1.807) is 31.4 Å². The number of nitrogens with one attached hydrogen (secondary N) is 3. The van der Waals surface area contributed by atoms with Gasteiger partial charge < -0.3 is 25.6 Å². The summed E-state index contributed by atoms with van der Waals surface area (Å²) in [5.74, 6) is 1.46. The van der Waals surface area contributed by atoms with Gasteiger partial charge in [-0.25, -0.2) is 4.99 Å². The summed E-state index contributed by atoms with van der Waals surface area (Å²) in [4.78, 5) is 30.5. The van der Waals surface area contributed by atoms with Crippen molar-refractivity contribution >= 4 is 47.4 Å². The van der Waals surface area contributed by atoms with Crippen LogP contribution in [0.15, 0.2) is 53.5 Å². The highest BCUT2D eigenvalue weighted by Crippen LogP contribution is 2.21. The molecule has 2 aromatic rings. The van der Waals surface area contributed by atoms with E-state index in [-0.39, 0.29) is 35.8 Å². The fourth-order valence-corrected chi connectivity index (χ4v) is 3.42. The Morgan fingerprint density at radius 3 is 2.33 bits per heavy atom. The SMILES string of the molecule is CCNC(=NCc1ccc(N2CCCC2=O)cc1)NCCNC(=O)c1ccc(OC)cc1.I. The molecule has 1 aliphatic rings. The van der Waals surface area contributed by atoms with E-state index in [0.717, 1.165) is 30.8 Å². The molecule has 1 fully saturated rings. The predicted octanol–water partition coefficient (Wildman–Crippen LogP) is 2.93. The molecular weight excluding hydrogens is 533 g/mol. The minimum Gasteiger partial charge on any atom is -0.497 e. The molecule has 8 nitrogen and oxygen atoms in total. The average Bonchev–Trinajstić information content (AvgIpc) is 3.26. The molecule has 33 heavy (non-hydrogen) atoms. The minimum atomic E-state index is -0.132. The second kappa shape index (κ2) is 13.7. The summed E-state index contributed by atoms with van der Waals surface area (Å²) in [6, 6.07) is 15.0. The Morgan fingerprint density at radius 1 is 1.03 bits per heavy atom. The summed E-state index contributed by atoms with van der Waals surface area (Å²) in [6.07, 6.45) is 1.55. The van der Waals surface area contributed by atoms with Crippen molar-refractivity contribution in [2.24, 2.45) is 4.99 Å². The molecule has 1 heterocycles. The number of guanidine groups is 1. The lowest BCUT2D eigenvalue weighted by atomic mass is 10.2. The Labute approximate surface area is 212 Å². The zero-order valence-electron chi connectivity index (χ0n) is 19.1. The number of hydrogen-bond acceptors (Lipinski definition) is 4. The van der Waals surface area contributed by atoms with Crippen molar-refractivity contribution in [3.63, 3.8) is 0 Å². The lowest BCUT2D eigenvalue weighted by molar-refractivity contribution is -0.117. The second-order valence-electron chi connectivity index (χ2n) is 7.42. The predicted molar refractivity (Wildman–Crippen MR) is 142 cm³/mol. The summed E-state index contributed by atoms with van der Waals surface area (Å²) >= 11 is 0. The molecule has 9 heteroatoms.